The highest BCUT2D eigenvalue weighted by molar-refractivity contribution is 6.06. The van der Waals surface area contributed by atoms with Crippen LogP contribution in [0.2, 0.25) is 0 Å². The summed E-state index contributed by atoms with van der Waals surface area (Å²) in [5.74, 6) is 0.988. The first-order valence-corrected chi connectivity index (χ1v) is 21.2. The third kappa shape index (κ3) is 7.74. The number of methoxy groups -OCH3 is 4. The number of ether oxygens (including phenoxy) is 5. The van der Waals surface area contributed by atoms with Gasteiger partial charge in [-0.2, -0.15) is 0 Å². The van der Waals surface area contributed by atoms with Crippen molar-refractivity contribution < 1.29 is 42.9 Å². The molecule has 1 aromatic heterocycles. The zero-order valence-corrected chi connectivity index (χ0v) is 36.4. The van der Waals surface area contributed by atoms with E-state index in [-0.39, 0.29) is 36.0 Å². The molecule has 0 spiro atoms. The Bertz CT molecular complexity index is 2430. The van der Waals surface area contributed by atoms with E-state index in [0.29, 0.717) is 25.3 Å². The number of amides is 4. The number of carbonyl (C=O) groups excluding carboxylic acids is 4. The van der Waals surface area contributed by atoms with Gasteiger partial charge in [0.2, 0.25) is 11.8 Å². The number of alkyl carbamates (subject to hydrolysis) is 2. The molecule has 3 N–H and O–H groups in total. The average molecular weight is 850 g/mol. The monoisotopic (exact) mass is 849 g/mol. The van der Waals surface area contributed by atoms with Gasteiger partial charge in [-0.15, -0.1) is 0 Å². The molecule has 4 aliphatic rings. The molecule has 4 aliphatic heterocycles. The molecular weight excluding hydrogens is 795 g/mol. The van der Waals surface area contributed by atoms with Gasteiger partial charge in [-0.1, -0.05) is 18.2 Å². The lowest BCUT2D eigenvalue weighted by Crippen LogP contribution is -2.57. The second-order valence-corrected chi connectivity index (χ2v) is 16.7. The smallest absolute Gasteiger partial charge is 0.407 e. The van der Waals surface area contributed by atoms with Gasteiger partial charge in [-0.3, -0.25) is 14.6 Å². The fraction of sp³-hybridized carbons (Fsp3) is 0.478. The summed E-state index contributed by atoms with van der Waals surface area (Å²) in [6.45, 7) is 7.91. The third-order valence-electron chi connectivity index (χ3n) is 13.2. The maximum absolute atomic E-state index is 14.1. The van der Waals surface area contributed by atoms with Crippen molar-refractivity contribution in [3.63, 3.8) is 0 Å². The predicted molar refractivity (Wildman–Crippen MR) is 231 cm³/mol. The number of nitrogens with one attached hydrogen (secondary N) is 3. The Hall–Kier alpha value is -6.00. The molecule has 3 aromatic carbocycles. The summed E-state index contributed by atoms with van der Waals surface area (Å²) in [5, 5.41) is 7.46. The maximum Gasteiger partial charge on any atom is 0.407 e. The molecule has 0 aliphatic carbocycles. The van der Waals surface area contributed by atoms with Gasteiger partial charge in [0.05, 0.1) is 56.1 Å². The van der Waals surface area contributed by atoms with Gasteiger partial charge in [0.1, 0.15) is 30.3 Å². The van der Waals surface area contributed by atoms with E-state index in [1.54, 1.807) is 24.9 Å². The van der Waals surface area contributed by atoms with Gasteiger partial charge in [0, 0.05) is 44.0 Å². The predicted octanol–water partition coefficient (Wildman–Crippen LogP) is 6.37. The number of aliphatic imine (C=N–C) groups is 1. The number of fused-ring (bicyclic) bond motifs is 6. The van der Waals surface area contributed by atoms with Crippen LogP contribution in [-0.4, -0.2) is 120 Å². The first-order chi connectivity index (χ1) is 29.8. The van der Waals surface area contributed by atoms with Crippen LogP contribution in [0.5, 0.6) is 5.75 Å². The summed E-state index contributed by atoms with van der Waals surface area (Å²) >= 11 is 0. The Morgan fingerprint density at radius 2 is 1.42 bits per heavy atom. The number of H-pyrrole nitrogens is 1. The van der Waals surface area contributed by atoms with Crippen molar-refractivity contribution in [3.05, 3.63) is 65.6 Å². The molecule has 2 fully saturated rings. The van der Waals surface area contributed by atoms with Crippen molar-refractivity contribution in [3.8, 4) is 28.1 Å². The molecular formula is C46H55N7O9. The van der Waals surface area contributed by atoms with E-state index in [2.05, 4.69) is 52.0 Å². The van der Waals surface area contributed by atoms with Crippen molar-refractivity contribution in [2.24, 2.45) is 4.99 Å². The minimum atomic E-state index is -0.927. The van der Waals surface area contributed by atoms with Crippen LogP contribution in [0, 0.1) is 0 Å². The molecule has 0 saturated carbocycles. The number of benzene rings is 3. The zero-order chi connectivity index (χ0) is 44.0. The molecule has 328 valence electrons. The first kappa shape index (κ1) is 42.7. The van der Waals surface area contributed by atoms with E-state index in [0.717, 1.165) is 80.7 Å². The number of carbonyl (C=O) groups is 4. The summed E-state index contributed by atoms with van der Waals surface area (Å²) < 4.78 is 27.0. The van der Waals surface area contributed by atoms with Crippen LogP contribution < -0.4 is 15.4 Å². The minimum absolute atomic E-state index is 0.0448. The van der Waals surface area contributed by atoms with E-state index >= 15 is 0 Å². The number of hydrogen-bond acceptors (Lipinski definition) is 11. The third-order valence-corrected chi connectivity index (χ3v) is 13.2. The zero-order valence-electron chi connectivity index (χ0n) is 36.4. The molecule has 62 heavy (non-hydrogen) atoms. The summed E-state index contributed by atoms with van der Waals surface area (Å²) in [5.41, 5.74) is 7.79. The van der Waals surface area contributed by atoms with Crippen LogP contribution >= 0.6 is 0 Å². The van der Waals surface area contributed by atoms with Crippen LogP contribution in [0.4, 0.5) is 15.3 Å². The average Bonchev–Trinajstić information content (AvgIpc) is 4.11. The highest BCUT2D eigenvalue weighted by Crippen LogP contribution is 2.45. The Kier molecular flexibility index (Phi) is 12.0. The number of rotatable bonds is 11. The summed E-state index contributed by atoms with van der Waals surface area (Å²) in [4.78, 5) is 69.4. The van der Waals surface area contributed by atoms with Gasteiger partial charge in [0.25, 0.3) is 0 Å². The number of aromatic nitrogens is 2. The summed E-state index contributed by atoms with van der Waals surface area (Å²) in [6, 6.07) is 12.3. The number of nitrogens with zero attached hydrogens (tertiary/aromatic N) is 4. The second-order valence-electron chi connectivity index (χ2n) is 16.7. The van der Waals surface area contributed by atoms with E-state index in [1.807, 2.05) is 24.8 Å². The number of hydrogen-bond donors (Lipinski definition) is 3. The fourth-order valence-electron chi connectivity index (χ4n) is 9.57. The van der Waals surface area contributed by atoms with Crippen molar-refractivity contribution in [2.45, 2.75) is 115 Å². The van der Waals surface area contributed by atoms with E-state index in [9.17, 15) is 19.2 Å². The molecule has 4 aromatic rings. The summed E-state index contributed by atoms with van der Waals surface area (Å²) in [6.07, 6.45) is 2.94. The molecule has 0 bridgehead atoms. The lowest BCUT2D eigenvalue weighted by Gasteiger charge is -2.34. The summed E-state index contributed by atoms with van der Waals surface area (Å²) in [7, 11) is 5.55. The Labute approximate surface area is 360 Å². The van der Waals surface area contributed by atoms with Gasteiger partial charge in [-0.05, 0) is 111 Å². The highest BCUT2D eigenvalue weighted by atomic mass is 16.5. The van der Waals surface area contributed by atoms with E-state index in [1.165, 1.54) is 28.4 Å². The molecule has 16 heteroatoms. The topological polar surface area (TPSA) is 186 Å². The quantitative estimate of drug-likeness (QED) is 0.153. The van der Waals surface area contributed by atoms with Gasteiger partial charge in [-0.25, -0.2) is 14.6 Å². The van der Waals surface area contributed by atoms with Crippen LogP contribution in [0.1, 0.15) is 76.4 Å². The van der Waals surface area contributed by atoms with Gasteiger partial charge >= 0.3 is 12.2 Å². The van der Waals surface area contributed by atoms with Crippen molar-refractivity contribution >= 4 is 46.2 Å². The van der Waals surface area contributed by atoms with Gasteiger partial charge in [0.15, 0.2) is 0 Å². The lowest BCUT2D eigenvalue weighted by molar-refractivity contribution is -0.139. The maximum atomic E-state index is 14.1. The van der Waals surface area contributed by atoms with Crippen molar-refractivity contribution in [2.75, 3.05) is 28.4 Å². The van der Waals surface area contributed by atoms with Crippen LogP contribution in [0.15, 0.2) is 53.7 Å². The SMILES string of the molecule is COC(=O)N[C@H](C(=O)N1[C@@H](C)CC[C@H]1c1ncc(-c2ccc3c(c2)COc2cc4c5c(ccc4cc2-3)N=C([C@@H]2CC[C@H](C)N2C(=O)[C@@H](NC(=O)OC)[C@@H](C)OC)C5)[nH]1)C(C)OC. The Morgan fingerprint density at radius 3 is 2.05 bits per heavy atom. The molecule has 16 nitrogen and oxygen atoms in total. The van der Waals surface area contributed by atoms with Crippen LogP contribution in [0.3, 0.4) is 0 Å². The Balaban J connectivity index is 1.01. The first-order valence-electron chi connectivity index (χ1n) is 21.2. The van der Waals surface area contributed by atoms with Crippen LogP contribution in [0.25, 0.3) is 33.2 Å². The standard InChI is InChI=1S/C46H55N7O9/c1-23-9-15-37(52(23)43(54)40(25(3)58-5)50-45(56)60-7)35-19-32-31-20-39-33(18-27(31)12-14-34(32)48-35)30-13-11-28(17-29(30)22-62-39)36-21-47-42(49-36)38-16-10-24(2)53(38)44(55)41(26(4)59-6)51-46(57)61-8/h11-14,17-18,20-21,23-26,37-38,40-41H,9-10,15-16,19,22H2,1-8H3,(H,47,49)(H,50,56)(H,51,57)/t23-,24-,25+,26?,37-,38-,40-,41-/m0/s1. The number of aromatic amines is 1. The Morgan fingerprint density at radius 1 is 0.790 bits per heavy atom. The van der Waals surface area contributed by atoms with Gasteiger partial charge < -0.3 is 49.1 Å². The van der Waals surface area contributed by atoms with Crippen molar-refractivity contribution in [1.29, 1.82) is 0 Å². The molecule has 1 unspecified atom stereocenters. The fourth-order valence-corrected chi connectivity index (χ4v) is 9.57. The molecule has 2 saturated heterocycles. The van der Waals surface area contributed by atoms with E-state index < -0.39 is 36.5 Å². The molecule has 5 heterocycles. The molecule has 8 atom stereocenters. The lowest BCUT2D eigenvalue weighted by atomic mass is 9.91. The molecule has 0 radical (unpaired) electrons. The molecule has 4 amide bonds. The second kappa shape index (κ2) is 17.4. The molecule has 8 rings (SSSR count). The highest BCUT2D eigenvalue weighted by Gasteiger charge is 2.44. The largest absolute Gasteiger partial charge is 0.488 e. The normalized spacial score (nSPS) is 22.1. The van der Waals surface area contributed by atoms with Crippen molar-refractivity contribution in [1.82, 2.24) is 30.4 Å². The van der Waals surface area contributed by atoms with Crippen LogP contribution in [-0.2, 0) is 41.6 Å². The minimum Gasteiger partial charge on any atom is -0.488 e. The van der Waals surface area contributed by atoms with E-state index in [4.69, 9.17) is 33.7 Å². The number of imidazole rings is 1. The number of likely N-dealkylation sites (tertiary alicyclic amines) is 2.